The Kier molecular flexibility index (Phi) is 2.78. The highest BCUT2D eigenvalue weighted by Gasteiger charge is 2.55. The van der Waals surface area contributed by atoms with E-state index in [4.69, 9.17) is 0 Å². The minimum absolute atomic E-state index is 3.29. The first-order valence-corrected chi connectivity index (χ1v) is 3.71. The zero-order valence-corrected chi connectivity index (χ0v) is 5.92. The van der Waals surface area contributed by atoms with Crippen molar-refractivity contribution in [1.29, 1.82) is 0 Å². The first kappa shape index (κ1) is 11.3. The summed E-state index contributed by atoms with van der Waals surface area (Å²) < 4.78 is 76.3. The largest absolute Gasteiger partial charge is 0.417 e. The molecular formula is C3HF5O3S. The van der Waals surface area contributed by atoms with Crippen LogP contribution in [0.1, 0.15) is 0 Å². The zero-order valence-electron chi connectivity index (χ0n) is 5.10. The smallest absolute Gasteiger partial charge is 0.259 e. The molecule has 0 radical (unpaired) electrons. The van der Waals surface area contributed by atoms with Crippen LogP contribution in [0, 0.1) is 0 Å². The van der Waals surface area contributed by atoms with Crippen LogP contribution >= 0.6 is 0 Å². The van der Waals surface area contributed by atoms with Crippen LogP contribution in [-0.2, 0) is 15.0 Å². The first-order valence-electron chi connectivity index (χ1n) is 2.26. The van der Waals surface area contributed by atoms with Crippen molar-refractivity contribution in [1.82, 2.24) is 0 Å². The summed E-state index contributed by atoms with van der Waals surface area (Å²) in [5, 5.41) is -4.22. The molecule has 0 N–H and O–H groups in total. The topological polar surface area (TPSA) is 51.2 Å². The molecule has 0 aromatic rings. The molecule has 0 aromatic carbocycles. The summed E-state index contributed by atoms with van der Waals surface area (Å²) >= 11 is 0. The van der Waals surface area contributed by atoms with Crippen molar-refractivity contribution in [2.75, 3.05) is 0 Å². The van der Waals surface area contributed by atoms with E-state index in [1.165, 1.54) is 0 Å². The number of carbonyl (C=O) groups is 1. The number of hydrogen-bond acceptors (Lipinski definition) is 3. The summed E-state index contributed by atoms with van der Waals surface area (Å²) in [6.45, 7) is 0. The Hall–Kier alpha value is -0.730. The first-order chi connectivity index (χ1) is 5.07. The van der Waals surface area contributed by atoms with E-state index in [1.54, 1.807) is 0 Å². The van der Waals surface area contributed by atoms with Gasteiger partial charge in [0.2, 0.25) is 0 Å². The van der Waals surface area contributed by atoms with E-state index in [0.29, 0.717) is 0 Å². The maximum absolute atomic E-state index is 11.6. The van der Waals surface area contributed by atoms with Crippen molar-refractivity contribution in [2.24, 2.45) is 0 Å². The van der Waals surface area contributed by atoms with Crippen molar-refractivity contribution in [3.63, 3.8) is 0 Å². The van der Waals surface area contributed by atoms with Gasteiger partial charge in [0.25, 0.3) is 5.25 Å². The molecule has 0 aliphatic carbocycles. The Balaban J connectivity index is 5.11. The monoisotopic (exact) mass is 212 g/mol. The third-order valence-corrected chi connectivity index (χ3v) is 1.80. The number of halogens is 5. The second-order valence-corrected chi connectivity index (χ2v) is 3.12. The SMILES string of the molecule is O=C(F)C(C(F)(F)F)S(=O)(=O)F. The summed E-state index contributed by atoms with van der Waals surface area (Å²) in [5.41, 5.74) is 0. The van der Waals surface area contributed by atoms with Gasteiger partial charge < -0.3 is 0 Å². The third kappa shape index (κ3) is 2.72. The van der Waals surface area contributed by atoms with Gasteiger partial charge in [0, 0.05) is 0 Å². The molecule has 72 valence electrons. The van der Waals surface area contributed by atoms with Crippen molar-refractivity contribution >= 4 is 16.3 Å². The Labute approximate surface area is 63.4 Å². The lowest BCUT2D eigenvalue weighted by molar-refractivity contribution is -0.157. The Morgan fingerprint density at radius 2 is 1.58 bits per heavy atom. The predicted molar refractivity (Wildman–Crippen MR) is 26.0 cm³/mol. The Bertz CT molecular complexity index is 277. The van der Waals surface area contributed by atoms with Gasteiger partial charge in [-0.1, -0.05) is 0 Å². The second kappa shape index (κ2) is 2.96. The van der Waals surface area contributed by atoms with Gasteiger partial charge in [-0.3, -0.25) is 4.79 Å². The number of hydrogen-bond donors (Lipinski definition) is 0. The molecule has 0 saturated heterocycles. The lowest BCUT2D eigenvalue weighted by Crippen LogP contribution is -2.39. The van der Waals surface area contributed by atoms with Gasteiger partial charge in [0.1, 0.15) is 0 Å². The summed E-state index contributed by atoms with van der Waals surface area (Å²) in [6.07, 6.45) is -5.76. The molecule has 9 heteroatoms. The van der Waals surface area contributed by atoms with Crippen LogP contribution in [0.4, 0.5) is 21.4 Å². The van der Waals surface area contributed by atoms with E-state index in [9.17, 15) is 34.7 Å². The summed E-state index contributed by atoms with van der Waals surface area (Å²) in [6, 6.07) is -3.29. The fourth-order valence-corrected chi connectivity index (χ4v) is 0.940. The minimum atomic E-state index is -6.27. The highest BCUT2D eigenvalue weighted by molar-refractivity contribution is 7.87. The van der Waals surface area contributed by atoms with E-state index in [1.807, 2.05) is 0 Å². The van der Waals surface area contributed by atoms with Gasteiger partial charge in [-0.25, -0.2) is 0 Å². The number of carbonyl (C=O) groups excluding carboxylic acids is 1. The van der Waals surface area contributed by atoms with Crippen molar-refractivity contribution < 1.29 is 34.7 Å². The summed E-state index contributed by atoms with van der Waals surface area (Å²) in [4.78, 5) is 9.43. The molecule has 12 heavy (non-hydrogen) atoms. The molecule has 0 aliphatic heterocycles. The molecule has 0 fully saturated rings. The molecule has 3 nitrogen and oxygen atoms in total. The van der Waals surface area contributed by atoms with Crippen LogP contribution < -0.4 is 0 Å². The van der Waals surface area contributed by atoms with Crippen LogP contribution in [0.2, 0.25) is 0 Å². The average Bonchev–Trinajstić information content (AvgIpc) is 1.49. The number of rotatable bonds is 2. The molecule has 0 amide bonds. The van der Waals surface area contributed by atoms with Crippen molar-refractivity contribution in [3.05, 3.63) is 0 Å². The van der Waals surface area contributed by atoms with Gasteiger partial charge in [0.05, 0.1) is 0 Å². The lowest BCUT2D eigenvalue weighted by Gasteiger charge is -2.09. The van der Waals surface area contributed by atoms with Crippen molar-refractivity contribution in [2.45, 2.75) is 11.4 Å². The third-order valence-electron chi connectivity index (χ3n) is 0.785. The van der Waals surface area contributed by atoms with E-state index in [0.717, 1.165) is 0 Å². The van der Waals surface area contributed by atoms with Gasteiger partial charge >= 0.3 is 22.4 Å². The highest BCUT2D eigenvalue weighted by atomic mass is 32.3. The summed E-state index contributed by atoms with van der Waals surface area (Å²) in [7, 11) is -6.27. The minimum Gasteiger partial charge on any atom is -0.259 e. The van der Waals surface area contributed by atoms with Crippen LogP contribution in [0.15, 0.2) is 0 Å². The van der Waals surface area contributed by atoms with Gasteiger partial charge in [-0.05, 0) is 0 Å². The van der Waals surface area contributed by atoms with Crippen LogP contribution in [0.3, 0.4) is 0 Å². The summed E-state index contributed by atoms with van der Waals surface area (Å²) in [5.74, 6) is 0. The molecule has 0 rings (SSSR count). The molecule has 0 aliphatic rings. The average molecular weight is 212 g/mol. The van der Waals surface area contributed by atoms with Gasteiger partial charge in [-0.2, -0.15) is 26.0 Å². The molecule has 0 bridgehead atoms. The van der Waals surface area contributed by atoms with Crippen molar-refractivity contribution in [3.8, 4) is 0 Å². The lowest BCUT2D eigenvalue weighted by atomic mass is 10.4. The molecule has 1 unspecified atom stereocenters. The van der Waals surface area contributed by atoms with E-state index < -0.39 is 27.7 Å². The zero-order chi connectivity index (χ0) is 10.2. The van der Waals surface area contributed by atoms with Crippen LogP contribution in [0.5, 0.6) is 0 Å². The van der Waals surface area contributed by atoms with E-state index in [2.05, 4.69) is 0 Å². The maximum Gasteiger partial charge on any atom is 0.417 e. The van der Waals surface area contributed by atoms with Crippen LogP contribution in [-0.4, -0.2) is 25.9 Å². The van der Waals surface area contributed by atoms with Gasteiger partial charge in [0.15, 0.2) is 0 Å². The fraction of sp³-hybridized carbons (Fsp3) is 0.667. The van der Waals surface area contributed by atoms with Gasteiger partial charge in [-0.15, -0.1) is 3.89 Å². The standard InChI is InChI=1S/C3HF5O3S/c4-2(9)1(3(5,6)7)12(8,10)11/h1H. The Morgan fingerprint density at radius 1 is 1.25 bits per heavy atom. The highest BCUT2D eigenvalue weighted by Crippen LogP contribution is 2.27. The van der Waals surface area contributed by atoms with E-state index >= 15 is 0 Å². The second-order valence-electron chi connectivity index (χ2n) is 1.70. The molecule has 0 aromatic heterocycles. The van der Waals surface area contributed by atoms with E-state index in [-0.39, 0.29) is 0 Å². The molecule has 0 spiro atoms. The molecular weight excluding hydrogens is 211 g/mol. The molecule has 0 heterocycles. The number of alkyl halides is 3. The fourth-order valence-electron chi connectivity index (χ4n) is 0.399. The molecule has 1 atom stereocenters. The Morgan fingerprint density at radius 3 is 1.58 bits per heavy atom. The molecule has 0 saturated carbocycles. The predicted octanol–water partition coefficient (Wildman–Crippen LogP) is 0.713. The maximum atomic E-state index is 11.6. The quantitative estimate of drug-likeness (QED) is 0.500. The normalized spacial score (nSPS) is 15.8. The van der Waals surface area contributed by atoms with Crippen LogP contribution in [0.25, 0.3) is 0 Å².